The van der Waals surface area contributed by atoms with Crippen molar-refractivity contribution >= 4 is 32.6 Å². The van der Waals surface area contributed by atoms with Crippen LogP contribution in [0.5, 0.6) is 0 Å². The molecule has 0 N–H and O–H groups in total. The van der Waals surface area contributed by atoms with Crippen molar-refractivity contribution in [3.05, 3.63) is 175 Å². The Labute approximate surface area is 245 Å². The van der Waals surface area contributed by atoms with Gasteiger partial charge in [0.25, 0.3) is 0 Å². The van der Waals surface area contributed by atoms with E-state index in [-0.39, 0.29) is 0 Å². The van der Waals surface area contributed by atoms with Gasteiger partial charge in [-0.15, -0.1) is 0 Å². The van der Waals surface area contributed by atoms with Gasteiger partial charge in [0.1, 0.15) is 0 Å². The lowest BCUT2D eigenvalue weighted by Gasteiger charge is -2.10. The standard InChI is InChI=1S/C41H29N/c1-2-8-36-28-30(15-18-31(36)7-1)27-29-13-16-32(17-14-29)33-19-21-34(22-20-33)35-23-25-37(26-24-35)42-40-11-5-3-9-38(40)39-10-4-6-12-41(39)42/h1-26,28H,27H2. The number of benzene rings is 7. The minimum Gasteiger partial charge on any atom is -0.309 e. The molecule has 0 aliphatic heterocycles. The molecule has 7 aromatic carbocycles. The van der Waals surface area contributed by atoms with Gasteiger partial charge < -0.3 is 4.57 Å². The van der Waals surface area contributed by atoms with Gasteiger partial charge in [0.2, 0.25) is 0 Å². The molecule has 0 spiro atoms. The van der Waals surface area contributed by atoms with Crippen molar-refractivity contribution < 1.29 is 0 Å². The minimum atomic E-state index is 0.939. The van der Waals surface area contributed by atoms with E-state index in [2.05, 4.69) is 168 Å². The highest BCUT2D eigenvalue weighted by Crippen LogP contribution is 2.33. The second kappa shape index (κ2) is 10.2. The number of fused-ring (bicyclic) bond motifs is 4. The van der Waals surface area contributed by atoms with E-state index in [1.165, 1.54) is 71.6 Å². The summed E-state index contributed by atoms with van der Waals surface area (Å²) >= 11 is 0. The molecular formula is C41H29N. The average molecular weight is 536 g/mol. The minimum absolute atomic E-state index is 0.939. The van der Waals surface area contributed by atoms with Crippen LogP contribution >= 0.6 is 0 Å². The van der Waals surface area contributed by atoms with Gasteiger partial charge in [-0.1, -0.05) is 140 Å². The van der Waals surface area contributed by atoms with E-state index in [0.717, 1.165) is 6.42 Å². The van der Waals surface area contributed by atoms with Gasteiger partial charge >= 0.3 is 0 Å². The molecule has 1 nitrogen and oxygen atoms in total. The van der Waals surface area contributed by atoms with Crippen molar-refractivity contribution in [1.29, 1.82) is 0 Å². The zero-order chi connectivity index (χ0) is 27.9. The van der Waals surface area contributed by atoms with Gasteiger partial charge in [-0.2, -0.15) is 0 Å². The molecule has 198 valence electrons. The first-order chi connectivity index (χ1) is 20.8. The summed E-state index contributed by atoms with van der Waals surface area (Å²) in [5, 5.41) is 5.16. The zero-order valence-corrected chi connectivity index (χ0v) is 23.2. The Bertz CT molecular complexity index is 2130. The van der Waals surface area contributed by atoms with Gasteiger partial charge in [-0.25, -0.2) is 0 Å². The fourth-order valence-electron chi connectivity index (χ4n) is 6.26. The van der Waals surface area contributed by atoms with Crippen LogP contribution in [0.4, 0.5) is 0 Å². The molecule has 0 aliphatic carbocycles. The monoisotopic (exact) mass is 535 g/mol. The molecule has 0 atom stereocenters. The molecule has 8 aromatic rings. The van der Waals surface area contributed by atoms with Crippen molar-refractivity contribution in [2.24, 2.45) is 0 Å². The van der Waals surface area contributed by atoms with Crippen LogP contribution in [0.3, 0.4) is 0 Å². The fraction of sp³-hybridized carbons (Fsp3) is 0.0244. The lowest BCUT2D eigenvalue weighted by Crippen LogP contribution is -1.93. The summed E-state index contributed by atoms with van der Waals surface area (Å²) in [6, 6.07) is 59.5. The number of aromatic nitrogens is 1. The molecule has 42 heavy (non-hydrogen) atoms. The van der Waals surface area contributed by atoms with Crippen LogP contribution in [0.15, 0.2) is 164 Å². The summed E-state index contributed by atoms with van der Waals surface area (Å²) in [5.74, 6) is 0. The Morgan fingerprint density at radius 3 is 1.40 bits per heavy atom. The Hall–Kier alpha value is -5.40. The van der Waals surface area contributed by atoms with Crippen LogP contribution < -0.4 is 0 Å². The van der Waals surface area contributed by atoms with Gasteiger partial charge in [0.15, 0.2) is 0 Å². The third-order valence-corrected chi connectivity index (χ3v) is 8.43. The molecule has 0 unspecified atom stereocenters. The molecule has 1 heterocycles. The first-order valence-electron chi connectivity index (χ1n) is 14.6. The highest BCUT2D eigenvalue weighted by Gasteiger charge is 2.11. The number of para-hydroxylation sites is 2. The molecule has 0 bridgehead atoms. The van der Waals surface area contributed by atoms with E-state index < -0.39 is 0 Å². The van der Waals surface area contributed by atoms with Gasteiger partial charge in [0.05, 0.1) is 11.0 Å². The summed E-state index contributed by atoms with van der Waals surface area (Å²) in [6.45, 7) is 0. The maximum absolute atomic E-state index is 2.36. The Morgan fingerprint density at radius 1 is 0.357 bits per heavy atom. The predicted octanol–water partition coefficient (Wildman–Crippen LogP) is 10.9. The molecule has 0 amide bonds. The van der Waals surface area contributed by atoms with E-state index in [1.54, 1.807) is 0 Å². The van der Waals surface area contributed by atoms with Crippen molar-refractivity contribution in [2.45, 2.75) is 6.42 Å². The summed E-state index contributed by atoms with van der Waals surface area (Å²) in [4.78, 5) is 0. The summed E-state index contributed by atoms with van der Waals surface area (Å²) < 4.78 is 2.36. The first-order valence-corrected chi connectivity index (χ1v) is 14.6. The molecule has 0 fully saturated rings. The van der Waals surface area contributed by atoms with Crippen LogP contribution in [0.2, 0.25) is 0 Å². The fourth-order valence-corrected chi connectivity index (χ4v) is 6.26. The van der Waals surface area contributed by atoms with Crippen LogP contribution in [0.1, 0.15) is 11.1 Å². The third-order valence-electron chi connectivity index (χ3n) is 8.43. The lowest BCUT2D eigenvalue weighted by molar-refractivity contribution is 1.18. The van der Waals surface area contributed by atoms with Crippen molar-refractivity contribution in [2.75, 3.05) is 0 Å². The summed E-state index contributed by atoms with van der Waals surface area (Å²) in [7, 11) is 0. The van der Waals surface area contributed by atoms with E-state index in [4.69, 9.17) is 0 Å². The highest BCUT2D eigenvalue weighted by molar-refractivity contribution is 6.09. The smallest absolute Gasteiger partial charge is 0.0541 e. The molecule has 1 heteroatoms. The quantitative estimate of drug-likeness (QED) is 0.207. The normalized spacial score (nSPS) is 11.4. The first kappa shape index (κ1) is 24.4. The van der Waals surface area contributed by atoms with Gasteiger partial charge in [0, 0.05) is 16.5 Å². The lowest BCUT2D eigenvalue weighted by atomic mass is 9.97. The number of hydrogen-bond acceptors (Lipinski definition) is 0. The summed E-state index contributed by atoms with van der Waals surface area (Å²) in [5.41, 5.74) is 11.2. The average Bonchev–Trinajstić information content (AvgIpc) is 3.40. The van der Waals surface area contributed by atoms with Crippen LogP contribution in [0, 0.1) is 0 Å². The second-order valence-corrected chi connectivity index (χ2v) is 11.0. The maximum Gasteiger partial charge on any atom is 0.0541 e. The molecule has 0 aliphatic rings. The predicted molar refractivity (Wildman–Crippen MR) is 178 cm³/mol. The largest absolute Gasteiger partial charge is 0.309 e. The highest BCUT2D eigenvalue weighted by atomic mass is 15.0. The molecular weight excluding hydrogens is 506 g/mol. The molecule has 0 saturated heterocycles. The van der Waals surface area contributed by atoms with Gasteiger partial charge in [-0.05, 0) is 74.8 Å². The van der Waals surface area contributed by atoms with Crippen LogP contribution in [-0.4, -0.2) is 4.57 Å². The molecule has 1 aromatic heterocycles. The van der Waals surface area contributed by atoms with E-state index in [0.29, 0.717) is 0 Å². The topological polar surface area (TPSA) is 4.93 Å². The second-order valence-electron chi connectivity index (χ2n) is 11.0. The molecule has 0 radical (unpaired) electrons. The SMILES string of the molecule is c1ccc2cc(Cc3ccc(-c4ccc(-c5ccc(-n6c7ccccc7c7ccccc76)cc5)cc4)cc3)ccc2c1. The Morgan fingerprint density at radius 2 is 0.810 bits per heavy atom. The van der Waals surface area contributed by atoms with Gasteiger partial charge in [-0.3, -0.25) is 0 Å². The number of rotatable bonds is 5. The Balaban J connectivity index is 1.02. The Kier molecular flexibility index (Phi) is 5.93. The molecule has 0 saturated carbocycles. The third kappa shape index (κ3) is 4.36. The number of hydrogen-bond donors (Lipinski definition) is 0. The van der Waals surface area contributed by atoms with E-state index >= 15 is 0 Å². The van der Waals surface area contributed by atoms with Crippen molar-refractivity contribution in [3.63, 3.8) is 0 Å². The summed E-state index contributed by atoms with van der Waals surface area (Å²) in [6.07, 6.45) is 0.939. The van der Waals surface area contributed by atoms with Crippen LogP contribution in [0.25, 0.3) is 60.5 Å². The number of nitrogens with zero attached hydrogens (tertiary/aromatic N) is 1. The molecule has 8 rings (SSSR count). The van der Waals surface area contributed by atoms with Crippen LogP contribution in [-0.2, 0) is 6.42 Å². The maximum atomic E-state index is 2.36. The zero-order valence-electron chi connectivity index (χ0n) is 23.2. The van der Waals surface area contributed by atoms with Crippen molar-refractivity contribution in [3.8, 4) is 27.9 Å². The van der Waals surface area contributed by atoms with E-state index in [9.17, 15) is 0 Å². The van der Waals surface area contributed by atoms with E-state index in [1.807, 2.05) is 0 Å². The van der Waals surface area contributed by atoms with Crippen molar-refractivity contribution in [1.82, 2.24) is 4.57 Å².